The topological polar surface area (TPSA) is 80.3 Å². The number of carbonyl (C=O) groups is 2. The number of aryl methyl sites for hydroxylation is 1. The minimum atomic E-state index is -0.542. The average molecular weight is 312 g/mol. The number of rotatable bonds is 9. The summed E-state index contributed by atoms with van der Waals surface area (Å²) in [7, 11) is 2.94. The van der Waals surface area contributed by atoms with Gasteiger partial charge in [-0.3, -0.25) is 9.59 Å². The van der Waals surface area contributed by atoms with Crippen molar-refractivity contribution < 1.29 is 33.3 Å². The number of ether oxygens (including phenoxy) is 5. The van der Waals surface area contributed by atoms with Gasteiger partial charge in [0.1, 0.15) is 17.1 Å². The van der Waals surface area contributed by atoms with E-state index in [9.17, 15) is 9.59 Å². The molecule has 0 spiro atoms. The van der Waals surface area contributed by atoms with Gasteiger partial charge < -0.3 is 23.7 Å². The summed E-state index contributed by atoms with van der Waals surface area (Å²) >= 11 is 0. The van der Waals surface area contributed by atoms with Gasteiger partial charge in [0.15, 0.2) is 20.2 Å². The molecule has 0 amide bonds. The Bertz CT molecular complexity index is 525. The number of methoxy groups -OCH3 is 2. The number of ketones is 1. The Hall–Kier alpha value is -2.12. The molecule has 0 N–H and O–H groups in total. The van der Waals surface area contributed by atoms with E-state index in [4.69, 9.17) is 23.7 Å². The second-order valence-corrected chi connectivity index (χ2v) is 4.39. The van der Waals surface area contributed by atoms with Gasteiger partial charge in [-0.1, -0.05) is 6.07 Å². The lowest BCUT2D eigenvalue weighted by Crippen LogP contribution is -2.16. The SMILES string of the molecule is COCOc1ccc(C)c(OCOC)c1C(=O)COC(C)=O. The third kappa shape index (κ3) is 5.01. The van der Waals surface area contributed by atoms with Gasteiger partial charge in [0, 0.05) is 21.1 Å². The van der Waals surface area contributed by atoms with E-state index < -0.39 is 18.4 Å². The van der Waals surface area contributed by atoms with Gasteiger partial charge in [-0.25, -0.2) is 0 Å². The fourth-order valence-corrected chi connectivity index (χ4v) is 1.72. The Morgan fingerprint density at radius 1 is 1.05 bits per heavy atom. The molecule has 0 aliphatic carbocycles. The van der Waals surface area contributed by atoms with Crippen molar-refractivity contribution >= 4 is 11.8 Å². The van der Waals surface area contributed by atoms with Crippen LogP contribution in [0.4, 0.5) is 0 Å². The Balaban J connectivity index is 3.16. The molecular weight excluding hydrogens is 292 g/mol. The van der Waals surface area contributed by atoms with Crippen LogP contribution in [0.15, 0.2) is 12.1 Å². The summed E-state index contributed by atoms with van der Waals surface area (Å²) in [5.74, 6) is -0.362. The summed E-state index contributed by atoms with van der Waals surface area (Å²) in [5, 5.41) is 0. The van der Waals surface area contributed by atoms with Gasteiger partial charge in [0.2, 0.25) is 5.78 Å². The van der Waals surface area contributed by atoms with Crippen LogP contribution >= 0.6 is 0 Å². The predicted molar refractivity (Wildman–Crippen MR) is 77.2 cm³/mol. The third-order valence-electron chi connectivity index (χ3n) is 2.66. The van der Waals surface area contributed by atoms with Gasteiger partial charge in [-0.15, -0.1) is 0 Å². The molecule has 0 unspecified atom stereocenters. The van der Waals surface area contributed by atoms with Crippen LogP contribution in [0.5, 0.6) is 11.5 Å². The second-order valence-electron chi connectivity index (χ2n) is 4.39. The first-order valence-corrected chi connectivity index (χ1v) is 6.54. The minimum Gasteiger partial charge on any atom is -0.467 e. The largest absolute Gasteiger partial charge is 0.467 e. The molecule has 0 atom stereocenters. The molecule has 7 nitrogen and oxygen atoms in total. The van der Waals surface area contributed by atoms with Crippen LogP contribution in [-0.4, -0.2) is 46.2 Å². The lowest BCUT2D eigenvalue weighted by Gasteiger charge is -2.17. The van der Waals surface area contributed by atoms with E-state index >= 15 is 0 Å². The van der Waals surface area contributed by atoms with Crippen LogP contribution in [0.1, 0.15) is 22.8 Å². The van der Waals surface area contributed by atoms with Crippen molar-refractivity contribution in [1.29, 1.82) is 0 Å². The standard InChI is InChI=1S/C15H20O7/c1-10-5-6-13(21-8-18-3)14(15(10)22-9-19-4)12(17)7-20-11(2)16/h5-6H,7-9H2,1-4H3. The molecule has 1 aromatic carbocycles. The first-order chi connectivity index (χ1) is 10.5. The highest BCUT2D eigenvalue weighted by molar-refractivity contribution is 6.03. The van der Waals surface area contributed by atoms with E-state index in [-0.39, 0.29) is 24.9 Å². The molecule has 0 aliphatic heterocycles. The molecule has 22 heavy (non-hydrogen) atoms. The van der Waals surface area contributed by atoms with Crippen LogP contribution in [-0.2, 0) is 19.0 Å². The maximum absolute atomic E-state index is 12.4. The molecule has 122 valence electrons. The van der Waals surface area contributed by atoms with Crippen LogP contribution in [0, 0.1) is 6.92 Å². The van der Waals surface area contributed by atoms with E-state index in [1.165, 1.54) is 21.1 Å². The Kier molecular flexibility index (Phi) is 7.34. The maximum atomic E-state index is 12.4. The smallest absolute Gasteiger partial charge is 0.303 e. The van der Waals surface area contributed by atoms with Crippen molar-refractivity contribution in [1.82, 2.24) is 0 Å². The van der Waals surface area contributed by atoms with Crippen molar-refractivity contribution in [3.05, 3.63) is 23.3 Å². The van der Waals surface area contributed by atoms with Gasteiger partial charge in [0.05, 0.1) is 0 Å². The van der Waals surface area contributed by atoms with Gasteiger partial charge in [-0.05, 0) is 18.6 Å². The van der Waals surface area contributed by atoms with Gasteiger partial charge in [-0.2, -0.15) is 0 Å². The number of benzene rings is 1. The zero-order chi connectivity index (χ0) is 16.5. The third-order valence-corrected chi connectivity index (χ3v) is 2.66. The lowest BCUT2D eigenvalue weighted by atomic mass is 10.0. The summed E-state index contributed by atoms with van der Waals surface area (Å²) in [4.78, 5) is 23.2. The highest BCUT2D eigenvalue weighted by Crippen LogP contribution is 2.33. The minimum absolute atomic E-state index is 0.0254. The highest BCUT2D eigenvalue weighted by atomic mass is 16.7. The molecule has 0 radical (unpaired) electrons. The van der Waals surface area contributed by atoms with Crippen LogP contribution in [0.25, 0.3) is 0 Å². The summed E-state index contributed by atoms with van der Waals surface area (Å²) in [6.45, 7) is 2.57. The molecule has 0 saturated carbocycles. The number of esters is 1. The number of hydrogen-bond acceptors (Lipinski definition) is 7. The van der Waals surface area contributed by atoms with E-state index in [0.29, 0.717) is 5.75 Å². The summed E-state index contributed by atoms with van der Waals surface area (Å²) in [6.07, 6.45) is 0. The van der Waals surface area contributed by atoms with E-state index in [1.54, 1.807) is 19.1 Å². The summed E-state index contributed by atoms with van der Waals surface area (Å²) < 4.78 is 25.3. The highest BCUT2D eigenvalue weighted by Gasteiger charge is 2.22. The Morgan fingerprint density at radius 2 is 1.68 bits per heavy atom. The van der Waals surface area contributed by atoms with Crippen LogP contribution in [0.2, 0.25) is 0 Å². The number of hydrogen-bond donors (Lipinski definition) is 0. The monoisotopic (exact) mass is 312 g/mol. The van der Waals surface area contributed by atoms with Crippen molar-refractivity contribution in [2.75, 3.05) is 34.4 Å². The first-order valence-electron chi connectivity index (χ1n) is 6.54. The molecule has 1 rings (SSSR count). The first kappa shape index (κ1) is 17.9. The summed E-state index contributed by atoms with van der Waals surface area (Å²) in [5.41, 5.74) is 0.920. The van der Waals surface area contributed by atoms with Crippen molar-refractivity contribution in [3.63, 3.8) is 0 Å². The molecular formula is C15H20O7. The van der Waals surface area contributed by atoms with E-state index in [1.807, 2.05) is 0 Å². The molecule has 1 aromatic rings. The fourth-order valence-electron chi connectivity index (χ4n) is 1.72. The van der Waals surface area contributed by atoms with Crippen LogP contribution in [0.3, 0.4) is 0 Å². The van der Waals surface area contributed by atoms with Gasteiger partial charge in [0.25, 0.3) is 0 Å². The molecule has 0 saturated heterocycles. The van der Waals surface area contributed by atoms with Crippen LogP contribution < -0.4 is 9.47 Å². The predicted octanol–water partition coefficient (Wildman–Crippen LogP) is 1.71. The van der Waals surface area contributed by atoms with Gasteiger partial charge >= 0.3 is 5.97 Å². The van der Waals surface area contributed by atoms with E-state index in [2.05, 4.69) is 0 Å². The van der Waals surface area contributed by atoms with Crippen molar-refractivity contribution in [2.45, 2.75) is 13.8 Å². The average Bonchev–Trinajstić information content (AvgIpc) is 2.49. The molecule has 0 heterocycles. The Morgan fingerprint density at radius 3 is 2.27 bits per heavy atom. The molecule has 0 bridgehead atoms. The number of carbonyl (C=O) groups excluding carboxylic acids is 2. The zero-order valence-corrected chi connectivity index (χ0v) is 13.1. The maximum Gasteiger partial charge on any atom is 0.303 e. The normalized spacial score (nSPS) is 10.2. The molecule has 0 fully saturated rings. The van der Waals surface area contributed by atoms with Crippen molar-refractivity contribution in [2.24, 2.45) is 0 Å². The Labute approximate surface area is 129 Å². The fraction of sp³-hybridized carbons (Fsp3) is 0.467. The summed E-state index contributed by atoms with van der Waals surface area (Å²) in [6, 6.07) is 3.38. The number of Topliss-reactive ketones (excluding diaryl/α,β-unsaturated/α-hetero) is 1. The van der Waals surface area contributed by atoms with Crippen molar-refractivity contribution in [3.8, 4) is 11.5 Å². The van der Waals surface area contributed by atoms with E-state index in [0.717, 1.165) is 5.56 Å². The molecule has 0 aromatic heterocycles. The molecule has 0 aliphatic rings. The lowest BCUT2D eigenvalue weighted by molar-refractivity contribution is -0.139. The zero-order valence-electron chi connectivity index (χ0n) is 13.1. The quantitative estimate of drug-likeness (QED) is 0.390. The second kappa shape index (κ2) is 9.01. The molecule has 7 heteroatoms.